The van der Waals surface area contributed by atoms with Gasteiger partial charge in [-0.15, -0.1) is 0 Å². The molecule has 76 valence electrons. The number of nitrogens with zero attached hydrogens (tertiary/aromatic N) is 2. The van der Waals surface area contributed by atoms with E-state index in [0.717, 1.165) is 13.1 Å². The molecule has 1 saturated heterocycles. The van der Waals surface area contributed by atoms with Gasteiger partial charge in [-0.1, -0.05) is 0 Å². The zero-order valence-corrected chi connectivity index (χ0v) is 8.68. The largest absolute Gasteiger partial charge is 0.372 e. The molecule has 0 N–H and O–H groups in total. The van der Waals surface area contributed by atoms with Crippen LogP contribution in [0.3, 0.4) is 0 Å². The van der Waals surface area contributed by atoms with Crippen molar-refractivity contribution in [2.45, 2.75) is 26.1 Å². The molecular weight excluding hydrogens is 176 g/mol. The Labute approximate surface area is 84.7 Å². The summed E-state index contributed by atoms with van der Waals surface area (Å²) < 4.78 is 5.68. The van der Waals surface area contributed by atoms with Crippen LogP contribution in [-0.4, -0.2) is 30.3 Å². The zero-order valence-electron chi connectivity index (χ0n) is 8.68. The van der Waals surface area contributed by atoms with Crippen molar-refractivity contribution in [3.63, 3.8) is 0 Å². The van der Waals surface area contributed by atoms with Crippen LogP contribution in [0.4, 0.5) is 5.69 Å². The third-order valence-electron chi connectivity index (χ3n) is 2.45. The zero-order chi connectivity index (χ0) is 9.97. The third-order valence-corrected chi connectivity index (χ3v) is 2.45. The van der Waals surface area contributed by atoms with Crippen LogP contribution in [0.5, 0.6) is 0 Å². The second-order valence-electron chi connectivity index (χ2n) is 3.87. The fourth-order valence-corrected chi connectivity index (χ4v) is 1.94. The van der Waals surface area contributed by atoms with Gasteiger partial charge in [0, 0.05) is 31.2 Å². The Morgan fingerprint density at radius 3 is 2.36 bits per heavy atom. The van der Waals surface area contributed by atoms with E-state index >= 15 is 0 Å². The Morgan fingerprint density at radius 1 is 1.21 bits per heavy atom. The van der Waals surface area contributed by atoms with E-state index in [-0.39, 0.29) is 0 Å². The maximum atomic E-state index is 5.68. The van der Waals surface area contributed by atoms with Gasteiger partial charge in [0.15, 0.2) is 0 Å². The summed E-state index contributed by atoms with van der Waals surface area (Å²) in [6.07, 6.45) is 4.29. The highest BCUT2D eigenvalue weighted by atomic mass is 16.5. The molecule has 1 aliphatic heterocycles. The minimum atomic E-state index is 0.312. The molecule has 2 rings (SSSR count). The minimum absolute atomic E-state index is 0.312. The summed E-state index contributed by atoms with van der Waals surface area (Å²) in [5.41, 5.74) is 1.24. The highest BCUT2D eigenvalue weighted by Crippen LogP contribution is 2.18. The lowest BCUT2D eigenvalue weighted by Gasteiger charge is -2.36. The van der Waals surface area contributed by atoms with Gasteiger partial charge in [0.1, 0.15) is 0 Å². The molecule has 1 fully saturated rings. The molecule has 2 heterocycles. The van der Waals surface area contributed by atoms with Gasteiger partial charge < -0.3 is 9.64 Å². The van der Waals surface area contributed by atoms with Crippen LogP contribution in [0, 0.1) is 0 Å². The summed E-state index contributed by atoms with van der Waals surface area (Å²) in [5, 5.41) is 0. The monoisotopic (exact) mass is 192 g/mol. The Kier molecular flexibility index (Phi) is 2.68. The number of rotatable bonds is 1. The van der Waals surface area contributed by atoms with Crippen molar-refractivity contribution in [3.8, 4) is 0 Å². The summed E-state index contributed by atoms with van der Waals surface area (Å²) >= 11 is 0. The van der Waals surface area contributed by atoms with Crippen molar-refractivity contribution in [3.05, 3.63) is 24.5 Å². The van der Waals surface area contributed by atoms with Crippen LogP contribution in [0.25, 0.3) is 0 Å². The van der Waals surface area contributed by atoms with Crippen LogP contribution in [-0.2, 0) is 4.74 Å². The molecule has 1 aromatic heterocycles. The molecule has 1 aliphatic rings. The topological polar surface area (TPSA) is 25.4 Å². The SMILES string of the molecule is C[C@@H]1CN(c2ccncc2)C[C@@H](C)O1. The first kappa shape index (κ1) is 9.46. The van der Waals surface area contributed by atoms with Gasteiger partial charge in [-0.2, -0.15) is 0 Å². The molecule has 0 saturated carbocycles. The van der Waals surface area contributed by atoms with Crippen LogP contribution < -0.4 is 4.90 Å². The summed E-state index contributed by atoms with van der Waals surface area (Å²) in [5.74, 6) is 0. The molecule has 0 aliphatic carbocycles. The van der Waals surface area contributed by atoms with Crippen LogP contribution in [0.2, 0.25) is 0 Å². The Morgan fingerprint density at radius 2 is 1.79 bits per heavy atom. The maximum absolute atomic E-state index is 5.68. The highest BCUT2D eigenvalue weighted by Gasteiger charge is 2.21. The smallest absolute Gasteiger partial charge is 0.0726 e. The van der Waals surface area contributed by atoms with E-state index < -0.39 is 0 Å². The molecule has 3 nitrogen and oxygen atoms in total. The number of hydrogen-bond donors (Lipinski definition) is 0. The Bertz CT molecular complexity index is 279. The molecule has 0 aromatic carbocycles. The maximum Gasteiger partial charge on any atom is 0.0726 e. The van der Waals surface area contributed by atoms with Crippen LogP contribution in [0.1, 0.15) is 13.8 Å². The first-order valence-electron chi connectivity index (χ1n) is 5.06. The summed E-state index contributed by atoms with van der Waals surface area (Å²) in [6.45, 7) is 6.16. The van der Waals surface area contributed by atoms with E-state index in [0.29, 0.717) is 12.2 Å². The number of hydrogen-bond acceptors (Lipinski definition) is 3. The average molecular weight is 192 g/mol. The van der Waals surface area contributed by atoms with Crippen LogP contribution >= 0.6 is 0 Å². The van der Waals surface area contributed by atoms with Crippen molar-refractivity contribution in [1.29, 1.82) is 0 Å². The minimum Gasteiger partial charge on any atom is -0.372 e. The van der Waals surface area contributed by atoms with Crippen molar-refractivity contribution in [2.75, 3.05) is 18.0 Å². The van der Waals surface area contributed by atoms with Gasteiger partial charge >= 0.3 is 0 Å². The highest BCUT2D eigenvalue weighted by molar-refractivity contribution is 5.45. The third kappa shape index (κ3) is 2.04. The second-order valence-corrected chi connectivity index (χ2v) is 3.87. The number of ether oxygens (including phenoxy) is 1. The van der Waals surface area contributed by atoms with E-state index in [4.69, 9.17) is 4.74 Å². The summed E-state index contributed by atoms with van der Waals surface area (Å²) in [4.78, 5) is 6.37. The van der Waals surface area contributed by atoms with Crippen molar-refractivity contribution in [1.82, 2.24) is 4.98 Å². The predicted octanol–water partition coefficient (Wildman–Crippen LogP) is 1.70. The predicted molar refractivity (Wildman–Crippen MR) is 56.5 cm³/mol. The Hall–Kier alpha value is -1.09. The molecule has 0 bridgehead atoms. The van der Waals surface area contributed by atoms with Crippen molar-refractivity contribution < 1.29 is 4.74 Å². The fourth-order valence-electron chi connectivity index (χ4n) is 1.94. The molecular formula is C11H16N2O. The van der Waals surface area contributed by atoms with Crippen molar-refractivity contribution >= 4 is 5.69 Å². The van der Waals surface area contributed by atoms with E-state index in [1.165, 1.54) is 5.69 Å². The summed E-state index contributed by atoms with van der Waals surface area (Å²) in [6, 6.07) is 4.09. The number of anilines is 1. The first-order chi connectivity index (χ1) is 6.75. The van der Waals surface area contributed by atoms with Crippen molar-refractivity contribution in [2.24, 2.45) is 0 Å². The van der Waals surface area contributed by atoms with E-state index in [1.807, 2.05) is 24.5 Å². The Balaban J connectivity index is 2.11. The summed E-state index contributed by atoms with van der Waals surface area (Å²) in [7, 11) is 0. The molecule has 1 aromatic rings. The molecule has 0 spiro atoms. The molecule has 2 atom stereocenters. The number of morpholine rings is 1. The van der Waals surface area contributed by atoms with Gasteiger partial charge in [-0.05, 0) is 26.0 Å². The van der Waals surface area contributed by atoms with Gasteiger partial charge in [0.05, 0.1) is 12.2 Å². The molecule has 14 heavy (non-hydrogen) atoms. The lowest BCUT2D eigenvalue weighted by molar-refractivity contribution is -0.00522. The normalized spacial score (nSPS) is 27.7. The molecule has 3 heteroatoms. The average Bonchev–Trinajstić information content (AvgIpc) is 2.18. The molecule has 0 unspecified atom stereocenters. The first-order valence-corrected chi connectivity index (χ1v) is 5.06. The van der Waals surface area contributed by atoms with E-state index in [9.17, 15) is 0 Å². The van der Waals surface area contributed by atoms with Gasteiger partial charge in [0.25, 0.3) is 0 Å². The fraction of sp³-hybridized carbons (Fsp3) is 0.545. The lowest BCUT2D eigenvalue weighted by Crippen LogP contribution is -2.45. The number of aromatic nitrogens is 1. The standard InChI is InChI=1S/C11H16N2O/c1-9-7-13(8-10(2)14-9)11-3-5-12-6-4-11/h3-6,9-10H,7-8H2,1-2H3/t9-,10-/m1/s1. The number of pyridine rings is 1. The van der Waals surface area contributed by atoms with Gasteiger partial charge in [0.2, 0.25) is 0 Å². The second kappa shape index (κ2) is 3.96. The van der Waals surface area contributed by atoms with Gasteiger partial charge in [-0.3, -0.25) is 4.98 Å². The molecule has 0 amide bonds. The van der Waals surface area contributed by atoms with E-state index in [1.54, 1.807) is 0 Å². The van der Waals surface area contributed by atoms with Crippen LogP contribution in [0.15, 0.2) is 24.5 Å². The lowest BCUT2D eigenvalue weighted by atomic mass is 10.2. The molecule has 0 radical (unpaired) electrons. The van der Waals surface area contributed by atoms with E-state index in [2.05, 4.69) is 23.7 Å². The quantitative estimate of drug-likeness (QED) is 0.677. The van der Waals surface area contributed by atoms with Gasteiger partial charge in [-0.25, -0.2) is 0 Å².